The molecule has 1 aliphatic rings. The van der Waals surface area contributed by atoms with Gasteiger partial charge in [-0.05, 0) is 41.8 Å². The van der Waals surface area contributed by atoms with Gasteiger partial charge in [-0.1, -0.05) is 48.5 Å². The first-order chi connectivity index (χ1) is 13.1. The number of aromatic nitrogens is 1. The van der Waals surface area contributed by atoms with Gasteiger partial charge >= 0.3 is 0 Å². The number of benzene rings is 2. The molecule has 2 aromatic carbocycles. The van der Waals surface area contributed by atoms with Gasteiger partial charge in [0.2, 0.25) is 0 Å². The number of nitrogens with one attached hydrogen (secondary N) is 1. The standard InChI is InChI=1S/C22H22N2O3/c25-20(15-6-2-1-3-7-15)16-10-12-24(13-11-16)22(27)19-14-17-8-4-5-9-18(17)21(26)23-19/h1-9,14,16,20,25H,10-13H2,(H,23,26). The van der Waals surface area contributed by atoms with Gasteiger partial charge in [-0.3, -0.25) is 9.59 Å². The highest BCUT2D eigenvalue weighted by Crippen LogP contribution is 2.31. The third kappa shape index (κ3) is 3.51. The van der Waals surface area contributed by atoms with Crippen LogP contribution >= 0.6 is 0 Å². The zero-order valence-electron chi connectivity index (χ0n) is 15.0. The second-order valence-electron chi connectivity index (χ2n) is 7.08. The van der Waals surface area contributed by atoms with Crippen molar-refractivity contribution < 1.29 is 9.90 Å². The van der Waals surface area contributed by atoms with Crippen LogP contribution in [0.25, 0.3) is 10.8 Å². The maximum Gasteiger partial charge on any atom is 0.270 e. The molecule has 1 saturated heterocycles. The molecule has 1 fully saturated rings. The van der Waals surface area contributed by atoms with Gasteiger partial charge in [0.15, 0.2) is 0 Å². The maximum absolute atomic E-state index is 12.8. The summed E-state index contributed by atoms with van der Waals surface area (Å²) in [6, 6.07) is 18.6. The van der Waals surface area contributed by atoms with E-state index in [1.807, 2.05) is 48.5 Å². The molecule has 1 unspecified atom stereocenters. The van der Waals surface area contributed by atoms with Crippen molar-refractivity contribution in [3.63, 3.8) is 0 Å². The van der Waals surface area contributed by atoms with E-state index in [-0.39, 0.29) is 17.4 Å². The number of amides is 1. The largest absolute Gasteiger partial charge is 0.388 e. The van der Waals surface area contributed by atoms with E-state index in [2.05, 4.69) is 4.98 Å². The molecular formula is C22H22N2O3. The normalized spacial score (nSPS) is 16.4. The fourth-order valence-electron chi connectivity index (χ4n) is 3.84. The van der Waals surface area contributed by atoms with Gasteiger partial charge in [0, 0.05) is 18.5 Å². The summed E-state index contributed by atoms with van der Waals surface area (Å²) in [4.78, 5) is 29.5. The number of nitrogens with zero attached hydrogens (tertiary/aromatic N) is 1. The van der Waals surface area contributed by atoms with E-state index < -0.39 is 6.10 Å². The van der Waals surface area contributed by atoms with E-state index in [0.717, 1.165) is 23.8 Å². The van der Waals surface area contributed by atoms with Gasteiger partial charge in [0.05, 0.1) is 6.10 Å². The zero-order chi connectivity index (χ0) is 18.8. The maximum atomic E-state index is 12.8. The molecule has 1 aromatic heterocycles. The van der Waals surface area contributed by atoms with Gasteiger partial charge in [0.1, 0.15) is 5.69 Å². The first-order valence-electron chi connectivity index (χ1n) is 9.28. The molecule has 138 valence electrons. The van der Waals surface area contributed by atoms with Crippen LogP contribution < -0.4 is 5.56 Å². The summed E-state index contributed by atoms with van der Waals surface area (Å²) < 4.78 is 0. The fraction of sp³-hybridized carbons (Fsp3) is 0.273. The van der Waals surface area contributed by atoms with Crippen LogP contribution in [-0.2, 0) is 0 Å². The summed E-state index contributed by atoms with van der Waals surface area (Å²) in [5, 5.41) is 11.9. The van der Waals surface area contributed by atoms with E-state index in [1.54, 1.807) is 17.0 Å². The molecule has 0 spiro atoms. The Morgan fingerprint density at radius 1 is 1.04 bits per heavy atom. The van der Waals surface area contributed by atoms with Gasteiger partial charge in [-0.2, -0.15) is 0 Å². The Hall–Kier alpha value is -2.92. The Balaban J connectivity index is 1.47. The van der Waals surface area contributed by atoms with Crippen LogP contribution in [0.4, 0.5) is 0 Å². The van der Waals surface area contributed by atoms with Crippen LogP contribution in [0, 0.1) is 5.92 Å². The molecule has 1 amide bonds. The quantitative estimate of drug-likeness (QED) is 0.752. The number of piperidine rings is 1. The van der Waals surface area contributed by atoms with Crippen molar-refractivity contribution >= 4 is 16.7 Å². The molecule has 5 heteroatoms. The van der Waals surface area contributed by atoms with E-state index in [0.29, 0.717) is 24.2 Å². The summed E-state index contributed by atoms with van der Waals surface area (Å²) >= 11 is 0. The van der Waals surface area contributed by atoms with Crippen LogP contribution in [0.1, 0.15) is 35.0 Å². The second-order valence-corrected chi connectivity index (χ2v) is 7.08. The summed E-state index contributed by atoms with van der Waals surface area (Å²) in [6.07, 6.45) is 0.961. The Bertz CT molecular complexity index is 1000. The monoisotopic (exact) mass is 362 g/mol. The van der Waals surface area contributed by atoms with Crippen molar-refractivity contribution in [2.75, 3.05) is 13.1 Å². The Morgan fingerprint density at radius 3 is 2.44 bits per heavy atom. The van der Waals surface area contributed by atoms with Gasteiger partial charge in [-0.25, -0.2) is 0 Å². The van der Waals surface area contributed by atoms with Crippen molar-refractivity contribution in [2.24, 2.45) is 5.92 Å². The molecule has 3 aromatic rings. The van der Waals surface area contributed by atoms with Crippen molar-refractivity contribution in [3.8, 4) is 0 Å². The van der Waals surface area contributed by atoms with Crippen molar-refractivity contribution in [2.45, 2.75) is 18.9 Å². The third-order valence-electron chi connectivity index (χ3n) is 5.40. The average Bonchev–Trinajstić information content (AvgIpc) is 2.73. The highest BCUT2D eigenvalue weighted by atomic mass is 16.3. The minimum Gasteiger partial charge on any atom is -0.388 e. The molecule has 0 radical (unpaired) electrons. The number of hydrogen-bond donors (Lipinski definition) is 2. The number of carbonyl (C=O) groups excluding carboxylic acids is 1. The number of H-pyrrole nitrogens is 1. The number of pyridine rings is 1. The molecule has 2 N–H and O–H groups in total. The van der Waals surface area contributed by atoms with E-state index in [9.17, 15) is 14.7 Å². The Labute approximate surface area is 157 Å². The number of aliphatic hydroxyl groups is 1. The Morgan fingerprint density at radius 2 is 1.70 bits per heavy atom. The number of rotatable bonds is 3. The molecule has 27 heavy (non-hydrogen) atoms. The molecule has 5 nitrogen and oxygen atoms in total. The Kier molecular flexibility index (Phi) is 4.77. The van der Waals surface area contributed by atoms with Crippen LogP contribution in [0.3, 0.4) is 0 Å². The number of hydrogen-bond acceptors (Lipinski definition) is 3. The minimum absolute atomic E-state index is 0.132. The summed E-state index contributed by atoms with van der Waals surface area (Å²) in [5.74, 6) is -0.0300. The molecule has 2 heterocycles. The first kappa shape index (κ1) is 17.5. The predicted molar refractivity (Wildman–Crippen MR) is 105 cm³/mol. The van der Waals surface area contributed by atoms with Crippen LogP contribution in [0.2, 0.25) is 0 Å². The second kappa shape index (κ2) is 7.37. The summed E-state index contributed by atoms with van der Waals surface area (Å²) in [6.45, 7) is 1.14. The number of carbonyl (C=O) groups is 1. The smallest absolute Gasteiger partial charge is 0.270 e. The van der Waals surface area contributed by atoms with Crippen molar-refractivity contribution in [1.82, 2.24) is 9.88 Å². The summed E-state index contributed by atoms with van der Waals surface area (Å²) in [7, 11) is 0. The lowest BCUT2D eigenvalue weighted by Gasteiger charge is -2.34. The molecule has 0 saturated carbocycles. The molecule has 4 rings (SSSR count). The lowest BCUT2D eigenvalue weighted by molar-refractivity contribution is 0.0458. The highest BCUT2D eigenvalue weighted by Gasteiger charge is 2.29. The number of aromatic amines is 1. The van der Waals surface area contributed by atoms with Crippen molar-refractivity contribution in [3.05, 3.63) is 82.3 Å². The van der Waals surface area contributed by atoms with Gasteiger partial charge < -0.3 is 15.0 Å². The zero-order valence-corrected chi connectivity index (χ0v) is 15.0. The van der Waals surface area contributed by atoms with E-state index in [4.69, 9.17) is 0 Å². The minimum atomic E-state index is -0.510. The topological polar surface area (TPSA) is 73.4 Å². The third-order valence-corrected chi connectivity index (χ3v) is 5.40. The molecule has 1 aliphatic heterocycles. The van der Waals surface area contributed by atoms with Crippen LogP contribution in [0.5, 0.6) is 0 Å². The van der Waals surface area contributed by atoms with Crippen molar-refractivity contribution in [1.29, 1.82) is 0 Å². The SMILES string of the molecule is O=C(c1cc2ccccc2c(=O)[nH]1)N1CCC(C(O)c2ccccc2)CC1. The van der Waals surface area contributed by atoms with Crippen LogP contribution in [-0.4, -0.2) is 34.0 Å². The number of aliphatic hydroxyl groups excluding tert-OH is 1. The molecule has 1 atom stereocenters. The highest BCUT2D eigenvalue weighted by molar-refractivity contribution is 5.96. The van der Waals surface area contributed by atoms with Gasteiger partial charge in [0.25, 0.3) is 11.5 Å². The first-order valence-corrected chi connectivity index (χ1v) is 9.28. The molecule has 0 aliphatic carbocycles. The summed E-state index contributed by atoms with van der Waals surface area (Å²) in [5.41, 5.74) is 0.993. The molecule has 0 bridgehead atoms. The lowest BCUT2D eigenvalue weighted by atomic mass is 9.87. The van der Waals surface area contributed by atoms with E-state index in [1.165, 1.54) is 0 Å². The van der Waals surface area contributed by atoms with Gasteiger partial charge in [-0.15, -0.1) is 0 Å². The fourth-order valence-corrected chi connectivity index (χ4v) is 3.84. The van der Waals surface area contributed by atoms with E-state index >= 15 is 0 Å². The molecular weight excluding hydrogens is 340 g/mol. The lowest BCUT2D eigenvalue weighted by Crippen LogP contribution is -2.40. The number of fused-ring (bicyclic) bond motifs is 1. The predicted octanol–water partition coefficient (Wildman–Crippen LogP) is 3.11. The van der Waals surface area contributed by atoms with Crippen LogP contribution in [0.15, 0.2) is 65.5 Å². The average molecular weight is 362 g/mol. The number of likely N-dealkylation sites (tertiary alicyclic amines) is 1.